The first kappa shape index (κ1) is 16.3. The molecular formula is C19H28N2O2. The Bertz CT molecular complexity index is 489. The Kier molecular flexibility index (Phi) is 5.92. The SMILES string of the molecule is O=C(NCCCCC1CCCO1)c1ccc(N2CCCC2)cc1. The summed E-state index contributed by atoms with van der Waals surface area (Å²) >= 11 is 0. The smallest absolute Gasteiger partial charge is 0.251 e. The van der Waals surface area contributed by atoms with Crippen molar-refractivity contribution < 1.29 is 9.53 Å². The minimum atomic E-state index is 0.0371. The summed E-state index contributed by atoms with van der Waals surface area (Å²) in [5, 5.41) is 3.02. The van der Waals surface area contributed by atoms with Crippen LogP contribution in [-0.4, -0.2) is 38.3 Å². The molecule has 0 spiro atoms. The Labute approximate surface area is 139 Å². The van der Waals surface area contributed by atoms with Crippen LogP contribution < -0.4 is 10.2 Å². The highest BCUT2D eigenvalue weighted by atomic mass is 16.5. The summed E-state index contributed by atoms with van der Waals surface area (Å²) in [4.78, 5) is 14.5. The Morgan fingerprint density at radius 1 is 1.13 bits per heavy atom. The van der Waals surface area contributed by atoms with E-state index in [0.717, 1.165) is 51.1 Å². The Balaban J connectivity index is 1.36. The average molecular weight is 316 g/mol. The lowest BCUT2D eigenvalue weighted by Gasteiger charge is -2.17. The molecule has 0 aromatic heterocycles. The molecular weight excluding hydrogens is 288 g/mol. The first-order chi connectivity index (χ1) is 11.3. The van der Waals surface area contributed by atoms with Gasteiger partial charge in [-0.25, -0.2) is 0 Å². The molecule has 0 saturated carbocycles. The number of anilines is 1. The van der Waals surface area contributed by atoms with Crippen molar-refractivity contribution in [3.8, 4) is 0 Å². The second-order valence-corrected chi connectivity index (χ2v) is 6.63. The van der Waals surface area contributed by atoms with E-state index in [9.17, 15) is 4.79 Å². The second-order valence-electron chi connectivity index (χ2n) is 6.63. The van der Waals surface area contributed by atoms with Crippen molar-refractivity contribution in [2.45, 2.75) is 51.0 Å². The quantitative estimate of drug-likeness (QED) is 0.784. The van der Waals surface area contributed by atoms with Gasteiger partial charge in [0.15, 0.2) is 0 Å². The van der Waals surface area contributed by atoms with Crippen molar-refractivity contribution in [2.24, 2.45) is 0 Å². The molecule has 1 atom stereocenters. The third-order valence-corrected chi connectivity index (χ3v) is 4.86. The predicted molar refractivity (Wildman–Crippen MR) is 93.0 cm³/mol. The molecule has 1 amide bonds. The van der Waals surface area contributed by atoms with Gasteiger partial charge in [0.2, 0.25) is 0 Å². The van der Waals surface area contributed by atoms with Crippen LogP contribution in [0.15, 0.2) is 24.3 Å². The third-order valence-electron chi connectivity index (χ3n) is 4.86. The van der Waals surface area contributed by atoms with Gasteiger partial charge in [-0.1, -0.05) is 0 Å². The molecule has 4 nitrogen and oxygen atoms in total. The van der Waals surface area contributed by atoms with E-state index in [1.807, 2.05) is 12.1 Å². The summed E-state index contributed by atoms with van der Waals surface area (Å²) in [5.41, 5.74) is 1.99. The fourth-order valence-corrected chi connectivity index (χ4v) is 3.47. The van der Waals surface area contributed by atoms with Crippen molar-refractivity contribution in [1.82, 2.24) is 5.32 Å². The number of unbranched alkanes of at least 4 members (excludes halogenated alkanes) is 1. The zero-order valence-electron chi connectivity index (χ0n) is 13.9. The summed E-state index contributed by atoms with van der Waals surface area (Å²) in [5.74, 6) is 0.0371. The summed E-state index contributed by atoms with van der Waals surface area (Å²) in [6.07, 6.45) is 8.69. The van der Waals surface area contributed by atoms with Gasteiger partial charge in [-0.05, 0) is 69.2 Å². The maximum absolute atomic E-state index is 12.1. The molecule has 1 aromatic rings. The van der Waals surface area contributed by atoms with Crippen LogP contribution in [0.1, 0.15) is 55.3 Å². The summed E-state index contributed by atoms with van der Waals surface area (Å²) < 4.78 is 5.61. The molecule has 1 aromatic carbocycles. The number of ether oxygens (including phenoxy) is 1. The highest BCUT2D eigenvalue weighted by molar-refractivity contribution is 5.94. The Hall–Kier alpha value is -1.55. The molecule has 23 heavy (non-hydrogen) atoms. The minimum absolute atomic E-state index is 0.0371. The van der Waals surface area contributed by atoms with E-state index < -0.39 is 0 Å². The molecule has 0 bridgehead atoms. The molecule has 2 saturated heterocycles. The number of rotatable bonds is 7. The Morgan fingerprint density at radius 3 is 2.61 bits per heavy atom. The number of benzene rings is 1. The zero-order chi connectivity index (χ0) is 15.9. The highest BCUT2D eigenvalue weighted by Crippen LogP contribution is 2.20. The fraction of sp³-hybridized carbons (Fsp3) is 0.632. The lowest BCUT2D eigenvalue weighted by atomic mass is 10.1. The number of hydrogen-bond donors (Lipinski definition) is 1. The van der Waals surface area contributed by atoms with Gasteiger partial charge in [-0.3, -0.25) is 4.79 Å². The number of carbonyl (C=O) groups is 1. The van der Waals surface area contributed by atoms with Crippen LogP contribution >= 0.6 is 0 Å². The van der Waals surface area contributed by atoms with Crippen LogP contribution in [0.2, 0.25) is 0 Å². The molecule has 1 unspecified atom stereocenters. The predicted octanol–water partition coefficient (Wildman–Crippen LogP) is 3.37. The van der Waals surface area contributed by atoms with Gasteiger partial charge < -0.3 is 15.0 Å². The first-order valence-electron chi connectivity index (χ1n) is 9.08. The maximum Gasteiger partial charge on any atom is 0.251 e. The standard InChI is InChI=1S/C19H28N2O2/c22-19(20-12-2-1-6-18-7-5-15-23-18)16-8-10-17(11-9-16)21-13-3-4-14-21/h8-11,18H,1-7,12-15H2,(H,20,22). The van der Waals surface area contributed by atoms with Crippen LogP contribution in [-0.2, 0) is 4.74 Å². The molecule has 2 heterocycles. The molecule has 2 fully saturated rings. The molecule has 2 aliphatic heterocycles. The molecule has 0 radical (unpaired) electrons. The molecule has 126 valence electrons. The van der Waals surface area contributed by atoms with Crippen LogP contribution in [0.5, 0.6) is 0 Å². The summed E-state index contributed by atoms with van der Waals surface area (Å²) in [7, 11) is 0. The number of hydrogen-bond acceptors (Lipinski definition) is 3. The van der Waals surface area contributed by atoms with Crippen LogP contribution in [0.3, 0.4) is 0 Å². The largest absolute Gasteiger partial charge is 0.378 e. The van der Waals surface area contributed by atoms with E-state index in [1.165, 1.54) is 31.4 Å². The average Bonchev–Trinajstić information content (AvgIpc) is 3.28. The Morgan fingerprint density at radius 2 is 1.91 bits per heavy atom. The normalized spacial score (nSPS) is 20.9. The van der Waals surface area contributed by atoms with Gasteiger partial charge in [-0.2, -0.15) is 0 Å². The van der Waals surface area contributed by atoms with Gasteiger partial charge in [0.25, 0.3) is 5.91 Å². The van der Waals surface area contributed by atoms with Gasteiger partial charge in [0.05, 0.1) is 6.10 Å². The molecule has 2 aliphatic rings. The van der Waals surface area contributed by atoms with E-state index in [4.69, 9.17) is 4.74 Å². The van der Waals surface area contributed by atoms with Crippen molar-refractivity contribution in [1.29, 1.82) is 0 Å². The van der Waals surface area contributed by atoms with E-state index in [1.54, 1.807) is 0 Å². The van der Waals surface area contributed by atoms with Gasteiger partial charge >= 0.3 is 0 Å². The lowest BCUT2D eigenvalue weighted by molar-refractivity contribution is 0.0947. The van der Waals surface area contributed by atoms with E-state index in [-0.39, 0.29) is 5.91 Å². The van der Waals surface area contributed by atoms with Crippen LogP contribution in [0.4, 0.5) is 5.69 Å². The van der Waals surface area contributed by atoms with Crippen LogP contribution in [0.25, 0.3) is 0 Å². The van der Waals surface area contributed by atoms with Crippen molar-refractivity contribution in [2.75, 3.05) is 31.1 Å². The van der Waals surface area contributed by atoms with Crippen LogP contribution in [0, 0.1) is 0 Å². The summed E-state index contributed by atoms with van der Waals surface area (Å²) in [6.45, 7) is 3.95. The minimum Gasteiger partial charge on any atom is -0.378 e. The van der Waals surface area contributed by atoms with Gasteiger partial charge in [0, 0.05) is 37.5 Å². The monoisotopic (exact) mass is 316 g/mol. The lowest BCUT2D eigenvalue weighted by Crippen LogP contribution is -2.25. The zero-order valence-corrected chi connectivity index (χ0v) is 13.9. The summed E-state index contributed by atoms with van der Waals surface area (Å²) in [6, 6.07) is 8.01. The first-order valence-corrected chi connectivity index (χ1v) is 9.08. The topological polar surface area (TPSA) is 41.6 Å². The van der Waals surface area contributed by atoms with E-state index in [0.29, 0.717) is 6.10 Å². The third kappa shape index (κ3) is 4.71. The molecule has 3 rings (SSSR count). The molecule has 0 aliphatic carbocycles. The molecule has 1 N–H and O–H groups in total. The second kappa shape index (κ2) is 8.34. The fourth-order valence-electron chi connectivity index (χ4n) is 3.47. The van der Waals surface area contributed by atoms with Gasteiger partial charge in [0.1, 0.15) is 0 Å². The highest BCUT2D eigenvalue weighted by Gasteiger charge is 2.15. The number of nitrogens with one attached hydrogen (secondary N) is 1. The maximum atomic E-state index is 12.1. The molecule has 4 heteroatoms. The van der Waals surface area contributed by atoms with E-state index >= 15 is 0 Å². The van der Waals surface area contributed by atoms with Crippen molar-refractivity contribution in [3.05, 3.63) is 29.8 Å². The van der Waals surface area contributed by atoms with Crippen molar-refractivity contribution >= 4 is 11.6 Å². The van der Waals surface area contributed by atoms with Gasteiger partial charge in [-0.15, -0.1) is 0 Å². The number of carbonyl (C=O) groups excluding carboxylic acids is 1. The number of nitrogens with zero attached hydrogens (tertiary/aromatic N) is 1. The van der Waals surface area contributed by atoms with E-state index in [2.05, 4.69) is 22.3 Å². The number of amides is 1. The van der Waals surface area contributed by atoms with Crippen molar-refractivity contribution in [3.63, 3.8) is 0 Å².